The van der Waals surface area contributed by atoms with Crippen LogP contribution in [0, 0.1) is 0 Å². The van der Waals surface area contributed by atoms with Gasteiger partial charge >= 0.3 is 0 Å². The van der Waals surface area contributed by atoms with Crippen molar-refractivity contribution in [3.63, 3.8) is 0 Å². The zero-order valence-electron chi connectivity index (χ0n) is 23.6. The van der Waals surface area contributed by atoms with Crippen molar-refractivity contribution < 1.29 is 0 Å². The van der Waals surface area contributed by atoms with Gasteiger partial charge in [-0.15, -0.1) is 22.7 Å². The third-order valence-corrected chi connectivity index (χ3v) is 10.7. The molecule has 0 aliphatic carbocycles. The third kappa shape index (κ3) is 4.07. The van der Waals surface area contributed by atoms with Gasteiger partial charge in [0.2, 0.25) is 0 Å². The van der Waals surface area contributed by atoms with Crippen LogP contribution in [0.4, 0.5) is 0 Å². The molecule has 0 radical (unpaired) electrons. The summed E-state index contributed by atoms with van der Waals surface area (Å²) in [5.41, 5.74) is 9.04. The monoisotopic (exact) mass is 596 g/mol. The number of benzene rings is 6. The quantitative estimate of drug-likeness (QED) is 0.202. The summed E-state index contributed by atoms with van der Waals surface area (Å²) in [6.45, 7) is 0. The maximum atomic E-state index is 5.16. The minimum atomic E-state index is 0.752. The number of fused-ring (bicyclic) bond motifs is 6. The summed E-state index contributed by atoms with van der Waals surface area (Å²) in [4.78, 5) is 10.2. The van der Waals surface area contributed by atoms with Crippen LogP contribution in [0.25, 0.3) is 85.4 Å². The van der Waals surface area contributed by atoms with Gasteiger partial charge in [0, 0.05) is 46.9 Å². The van der Waals surface area contributed by atoms with Gasteiger partial charge in [-0.25, -0.2) is 9.97 Å². The highest BCUT2D eigenvalue weighted by atomic mass is 32.1. The van der Waals surface area contributed by atoms with Crippen LogP contribution in [-0.4, -0.2) is 9.97 Å². The van der Waals surface area contributed by atoms with Crippen LogP contribution in [0.1, 0.15) is 0 Å². The molecule has 4 heteroatoms. The van der Waals surface area contributed by atoms with Crippen LogP contribution >= 0.6 is 22.7 Å². The SMILES string of the molecule is c1ccc(-c2nc(-c3ccc(-c4ccccc4-c4cccc5c4sc4ccccc45)cc3)c3sc4ccccc4c3n2)cc1. The van der Waals surface area contributed by atoms with Crippen LogP contribution in [0.15, 0.2) is 146 Å². The number of thiophene rings is 2. The lowest BCUT2D eigenvalue weighted by Crippen LogP contribution is -1.93. The van der Waals surface area contributed by atoms with Crippen LogP contribution in [0.3, 0.4) is 0 Å². The summed E-state index contributed by atoms with van der Waals surface area (Å²) in [6.07, 6.45) is 0. The van der Waals surface area contributed by atoms with Crippen LogP contribution < -0.4 is 0 Å². The highest BCUT2D eigenvalue weighted by Crippen LogP contribution is 2.43. The van der Waals surface area contributed by atoms with Crippen molar-refractivity contribution in [1.82, 2.24) is 9.97 Å². The number of rotatable bonds is 4. The molecule has 2 nitrogen and oxygen atoms in total. The molecule has 3 heterocycles. The fourth-order valence-electron chi connectivity index (χ4n) is 6.24. The second-order valence-corrected chi connectivity index (χ2v) is 13.0. The first-order valence-corrected chi connectivity index (χ1v) is 16.3. The van der Waals surface area contributed by atoms with E-state index in [4.69, 9.17) is 9.97 Å². The minimum Gasteiger partial charge on any atom is -0.226 e. The summed E-state index contributed by atoms with van der Waals surface area (Å²) in [5.74, 6) is 0.752. The van der Waals surface area contributed by atoms with Gasteiger partial charge in [0.25, 0.3) is 0 Å². The van der Waals surface area contributed by atoms with Crippen molar-refractivity contribution in [3.05, 3.63) is 146 Å². The topological polar surface area (TPSA) is 25.8 Å². The minimum absolute atomic E-state index is 0.752. The first kappa shape index (κ1) is 25.3. The molecule has 0 amide bonds. The van der Waals surface area contributed by atoms with E-state index in [0.717, 1.165) is 32.9 Å². The normalized spacial score (nSPS) is 11.6. The Balaban J connectivity index is 1.19. The van der Waals surface area contributed by atoms with E-state index in [9.17, 15) is 0 Å². The molecule has 3 aromatic heterocycles. The van der Waals surface area contributed by atoms with Crippen molar-refractivity contribution in [1.29, 1.82) is 0 Å². The molecule has 9 rings (SSSR count). The average molecular weight is 597 g/mol. The predicted molar refractivity (Wildman–Crippen MR) is 190 cm³/mol. The lowest BCUT2D eigenvalue weighted by Gasteiger charge is -2.12. The molecule has 0 aliphatic rings. The molecule has 0 bridgehead atoms. The van der Waals surface area contributed by atoms with E-state index in [2.05, 4.69) is 127 Å². The molecule has 0 atom stereocenters. The molecule has 0 spiro atoms. The van der Waals surface area contributed by atoms with Gasteiger partial charge in [-0.3, -0.25) is 0 Å². The van der Waals surface area contributed by atoms with Gasteiger partial charge in [0.05, 0.1) is 15.9 Å². The second kappa shape index (κ2) is 10.2. The molecule has 0 saturated heterocycles. The van der Waals surface area contributed by atoms with Crippen LogP contribution in [0.5, 0.6) is 0 Å². The number of aromatic nitrogens is 2. The lowest BCUT2D eigenvalue weighted by atomic mass is 9.93. The first-order valence-electron chi connectivity index (χ1n) is 14.7. The summed E-state index contributed by atoms with van der Waals surface area (Å²) in [6, 6.07) is 51.8. The Bertz CT molecular complexity index is 2490. The lowest BCUT2D eigenvalue weighted by molar-refractivity contribution is 1.24. The molecule has 6 aromatic carbocycles. The zero-order valence-corrected chi connectivity index (χ0v) is 25.2. The van der Waals surface area contributed by atoms with E-state index in [1.807, 2.05) is 29.5 Å². The average Bonchev–Trinajstić information content (AvgIpc) is 3.67. The number of hydrogen-bond acceptors (Lipinski definition) is 4. The summed E-state index contributed by atoms with van der Waals surface area (Å²) >= 11 is 3.64. The van der Waals surface area contributed by atoms with Crippen molar-refractivity contribution >= 4 is 63.1 Å². The van der Waals surface area contributed by atoms with E-state index in [1.54, 1.807) is 11.3 Å². The van der Waals surface area contributed by atoms with Gasteiger partial charge in [0.15, 0.2) is 5.82 Å². The molecular formula is C40H24N2S2. The molecule has 0 unspecified atom stereocenters. The maximum absolute atomic E-state index is 5.16. The first-order chi connectivity index (χ1) is 21.8. The van der Waals surface area contributed by atoms with E-state index in [1.165, 1.54) is 52.5 Å². The highest BCUT2D eigenvalue weighted by Gasteiger charge is 2.18. The highest BCUT2D eigenvalue weighted by molar-refractivity contribution is 7.26. The Morgan fingerprint density at radius 2 is 0.955 bits per heavy atom. The molecule has 0 aliphatic heterocycles. The fourth-order valence-corrected chi connectivity index (χ4v) is 8.62. The van der Waals surface area contributed by atoms with Gasteiger partial charge < -0.3 is 0 Å². The van der Waals surface area contributed by atoms with Crippen LogP contribution in [-0.2, 0) is 0 Å². The Kier molecular flexibility index (Phi) is 5.90. The molecule has 9 aromatic rings. The largest absolute Gasteiger partial charge is 0.226 e. The van der Waals surface area contributed by atoms with Gasteiger partial charge in [-0.05, 0) is 28.8 Å². The van der Waals surface area contributed by atoms with Gasteiger partial charge in [-0.2, -0.15) is 0 Å². The van der Waals surface area contributed by atoms with Gasteiger partial charge in [0.1, 0.15) is 0 Å². The van der Waals surface area contributed by atoms with Crippen LogP contribution in [0.2, 0.25) is 0 Å². The molecular weight excluding hydrogens is 573 g/mol. The molecule has 206 valence electrons. The van der Waals surface area contributed by atoms with E-state index >= 15 is 0 Å². The smallest absolute Gasteiger partial charge is 0.160 e. The standard InChI is InChI=1S/C40H24N2S2/c1-2-11-27(12-3-1)40-41-36(39-37(42-40)33-16-7-9-20-35(33)44-39)26-23-21-25(22-24-26)28-13-4-5-14-29(28)31-17-10-18-32-30-15-6-8-19-34(30)43-38(31)32/h1-24H. The summed E-state index contributed by atoms with van der Waals surface area (Å²) in [5, 5.41) is 3.82. The summed E-state index contributed by atoms with van der Waals surface area (Å²) < 4.78 is 5.00. The van der Waals surface area contributed by atoms with Crippen molar-refractivity contribution in [2.45, 2.75) is 0 Å². The van der Waals surface area contributed by atoms with E-state index in [0.29, 0.717) is 0 Å². The van der Waals surface area contributed by atoms with E-state index < -0.39 is 0 Å². The van der Waals surface area contributed by atoms with Gasteiger partial charge in [-0.1, -0.05) is 133 Å². The Hall–Kier alpha value is -5.16. The Labute approximate surface area is 262 Å². The maximum Gasteiger partial charge on any atom is 0.160 e. The third-order valence-electron chi connectivity index (χ3n) is 8.34. The van der Waals surface area contributed by atoms with Crippen molar-refractivity contribution in [3.8, 4) is 44.9 Å². The summed E-state index contributed by atoms with van der Waals surface area (Å²) in [7, 11) is 0. The zero-order chi connectivity index (χ0) is 29.0. The molecule has 0 N–H and O–H groups in total. The molecule has 0 saturated carbocycles. The van der Waals surface area contributed by atoms with E-state index in [-0.39, 0.29) is 0 Å². The number of hydrogen-bond donors (Lipinski definition) is 0. The Morgan fingerprint density at radius 1 is 0.364 bits per heavy atom. The second-order valence-electron chi connectivity index (χ2n) is 10.9. The Morgan fingerprint density at radius 3 is 1.77 bits per heavy atom. The fraction of sp³-hybridized carbons (Fsp3) is 0. The van der Waals surface area contributed by atoms with Crippen molar-refractivity contribution in [2.75, 3.05) is 0 Å². The predicted octanol–water partition coefficient (Wildman–Crippen LogP) is 11.9. The molecule has 44 heavy (non-hydrogen) atoms. The number of nitrogens with zero attached hydrogens (tertiary/aromatic N) is 2. The molecule has 0 fully saturated rings. The van der Waals surface area contributed by atoms with Crippen molar-refractivity contribution in [2.24, 2.45) is 0 Å².